The van der Waals surface area contributed by atoms with Gasteiger partial charge in [-0.2, -0.15) is 40.7 Å². The summed E-state index contributed by atoms with van der Waals surface area (Å²) in [4.78, 5) is 5.04. The topological polar surface area (TPSA) is 349 Å². The van der Waals surface area contributed by atoms with Crippen molar-refractivity contribution < 1.29 is 81.7 Å². The van der Waals surface area contributed by atoms with E-state index in [1.165, 1.54) is 42.5 Å². The van der Waals surface area contributed by atoms with E-state index in [1.54, 1.807) is 0 Å². The van der Waals surface area contributed by atoms with Crippen LogP contribution in [0.1, 0.15) is 0 Å². The van der Waals surface area contributed by atoms with E-state index in [0.29, 0.717) is 0 Å². The van der Waals surface area contributed by atoms with Crippen LogP contribution in [0.3, 0.4) is 0 Å². The van der Waals surface area contributed by atoms with E-state index in [4.69, 9.17) is 14.7 Å². The van der Waals surface area contributed by atoms with Gasteiger partial charge in [0, 0.05) is 22.5 Å². The highest BCUT2D eigenvalue weighted by Crippen LogP contribution is 2.48. The summed E-state index contributed by atoms with van der Waals surface area (Å²) < 4.78 is 133. The smallest absolute Gasteiger partial charge is 0.313 e. The second kappa shape index (κ2) is 20.0. The van der Waals surface area contributed by atoms with Crippen molar-refractivity contribution in [2.45, 2.75) is 14.7 Å². The predicted molar refractivity (Wildman–Crippen MR) is 203 cm³/mol. The second-order valence-electron chi connectivity index (χ2n) is 11.1. The van der Waals surface area contributed by atoms with Crippen molar-refractivity contribution in [2.24, 2.45) is 20.5 Å². The molecule has 0 spiro atoms. The fourth-order valence-corrected chi connectivity index (χ4v) is 7.63. The molecular weight excluding hydrogens is 915 g/mol. The normalized spacial score (nSPS) is 12.5. The molecule has 4 aromatic carbocycles. The molecule has 5 aromatic rings. The SMILES string of the molecule is O=S(=O)(O)CNc1ccc2c(O)c(N=Nc3cc(Nc4cc(F)nc(F)n4)ccc3S(=O)(=O)O)c(SOOO)cc2c1N=Nc1ccc(S(=O)(=O)CCOSOOO)cc1. The molecule has 0 unspecified atom stereocenters. The van der Waals surface area contributed by atoms with Gasteiger partial charge in [-0.05, 0) is 60.7 Å². The molecule has 0 radical (unpaired) electrons. The number of phenols is 1. The molecule has 1 aromatic heterocycles. The number of rotatable bonds is 20. The van der Waals surface area contributed by atoms with E-state index in [9.17, 15) is 48.2 Å². The van der Waals surface area contributed by atoms with Gasteiger partial charge in [-0.15, -0.1) is 24.0 Å². The van der Waals surface area contributed by atoms with Crippen LogP contribution in [0, 0.1) is 12.0 Å². The molecule has 0 aliphatic carbocycles. The van der Waals surface area contributed by atoms with Gasteiger partial charge in [0.1, 0.15) is 33.7 Å². The number of phenolic OH excluding ortho intramolecular Hbond substituents is 1. The first-order chi connectivity index (χ1) is 28.4. The Bertz CT molecular complexity index is 2750. The first-order valence-corrected chi connectivity index (χ1v) is 21.7. The molecule has 7 N–H and O–H groups in total. The van der Waals surface area contributed by atoms with Crippen molar-refractivity contribution in [3.05, 3.63) is 78.8 Å². The summed E-state index contributed by atoms with van der Waals surface area (Å²) in [7, 11) is -13.5. The van der Waals surface area contributed by atoms with Crippen LogP contribution in [0.5, 0.6) is 5.75 Å². The molecule has 31 heteroatoms. The van der Waals surface area contributed by atoms with Crippen LogP contribution in [0.25, 0.3) is 10.8 Å². The van der Waals surface area contributed by atoms with Gasteiger partial charge < -0.3 is 15.7 Å². The Balaban J connectivity index is 1.57. The number of aromatic nitrogens is 2. The number of fused-ring (bicyclic) bond motifs is 1. The van der Waals surface area contributed by atoms with Gasteiger partial charge in [0.15, 0.2) is 27.9 Å². The van der Waals surface area contributed by atoms with Crippen LogP contribution in [-0.4, -0.2) is 78.2 Å². The van der Waals surface area contributed by atoms with Crippen LogP contribution in [-0.2, 0) is 53.0 Å². The summed E-state index contributed by atoms with van der Waals surface area (Å²) in [5, 5.41) is 56.4. The average molecular weight is 939 g/mol. The van der Waals surface area contributed by atoms with Crippen LogP contribution >= 0.6 is 24.4 Å². The zero-order valence-electron chi connectivity index (χ0n) is 29.2. The fraction of sp³-hybridized carbons (Fsp3) is 0.103. The summed E-state index contributed by atoms with van der Waals surface area (Å²) in [5.74, 6) is -3.87. The molecule has 0 bridgehead atoms. The second-order valence-corrected chi connectivity index (χ2v) is 17.3. The first kappa shape index (κ1) is 45.9. The third-order valence-corrected chi connectivity index (χ3v) is 11.3. The van der Waals surface area contributed by atoms with Crippen molar-refractivity contribution in [3.8, 4) is 5.75 Å². The van der Waals surface area contributed by atoms with Crippen molar-refractivity contribution in [3.63, 3.8) is 0 Å². The standard InChI is InChI=1S/C29H24F2N8O16S5/c30-24-13-25(35-29(31)34-24)33-16-3-8-23(60(48,49)50)21(11-16)37-39-27-22(56-54-52-41)12-19-18(28(27)40)6-7-20(32-14-59(45,46)47)26(19)38-36-15-1-4-17(5-2-15)58(43,44)10-9-51-57-55-53-42/h1-8,11-13,32,40-42H,9-10,14H2,(H,33,34,35)(H,45,46,47)(H,48,49,50). The summed E-state index contributed by atoms with van der Waals surface area (Å²) >= 11 is 0.411. The molecule has 24 nitrogen and oxygen atoms in total. The van der Waals surface area contributed by atoms with Crippen molar-refractivity contribution in [2.75, 3.05) is 28.9 Å². The molecular formula is C29H24F2N8O16S5. The fourth-order valence-electron chi connectivity index (χ4n) is 4.79. The summed E-state index contributed by atoms with van der Waals surface area (Å²) in [6.45, 7) is -0.350. The number of sulfone groups is 1. The van der Waals surface area contributed by atoms with Crippen LogP contribution in [0.4, 0.5) is 48.7 Å². The third kappa shape index (κ3) is 12.5. The van der Waals surface area contributed by atoms with Gasteiger partial charge in [-0.1, -0.05) is 10.1 Å². The molecule has 1 heterocycles. The Labute approximate surface area is 344 Å². The zero-order chi connectivity index (χ0) is 43.7. The highest BCUT2D eigenvalue weighted by molar-refractivity contribution is 7.94. The summed E-state index contributed by atoms with van der Waals surface area (Å²) in [6.07, 6.45) is -1.42. The lowest BCUT2D eigenvalue weighted by Crippen LogP contribution is -2.13. The molecule has 0 saturated heterocycles. The van der Waals surface area contributed by atoms with Gasteiger partial charge >= 0.3 is 6.08 Å². The molecule has 5 rings (SSSR count). The molecule has 320 valence electrons. The predicted octanol–water partition coefficient (Wildman–Crippen LogP) is 6.89. The lowest BCUT2D eigenvalue weighted by Gasteiger charge is -2.14. The summed E-state index contributed by atoms with van der Waals surface area (Å²) in [6, 6.07) is 12.3. The molecule has 0 fully saturated rings. The number of halogens is 2. The van der Waals surface area contributed by atoms with E-state index >= 15 is 0 Å². The maximum absolute atomic E-state index is 13.7. The minimum Gasteiger partial charge on any atom is -0.505 e. The van der Waals surface area contributed by atoms with E-state index < -0.39 is 81.6 Å². The van der Waals surface area contributed by atoms with Crippen molar-refractivity contribution in [1.29, 1.82) is 0 Å². The van der Waals surface area contributed by atoms with Crippen molar-refractivity contribution in [1.82, 2.24) is 9.97 Å². The number of aromatic hydroxyl groups is 1. The zero-order valence-corrected chi connectivity index (χ0v) is 33.3. The van der Waals surface area contributed by atoms with E-state index in [2.05, 4.69) is 59.8 Å². The van der Waals surface area contributed by atoms with Crippen molar-refractivity contribution >= 4 is 105 Å². The Morgan fingerprint density at radius 3 is 2.17 bits per heavy atom. The lowest BCUT2D eigenvalue weighted by molar-refractivity contribution is -0.434. The maximum atomic E-state index is 13.7. The van der Waals surface area contributed by atoms with Crippen LogP contribution in [0.2, 0.25) is 0 Å². The van der Waals surface area contributed by atoms with Gasteiger partial charge in [-0.3, -0.25) is 13.3 Å². The minimum absolute atomic E-state index is 0.0404. The number of anilines is 3. The molecule has 0 atom stereocenters. The average Bonchev–Trinajstić information content (AvgIpc) is 3.17. The first-order valence-electron chi connectivity index (χ1n) is 15.6. The van der Waals surface area contributed by atoms with Gasteiger partial charge in [0.2, 0.25) is 5.95 Å². The number of nitrogens with zero attached hydrogens (tertiary/aromatic N) is 6. The quantitative estimate of drug-likeness (QED) is 0.00610. The summed E-state index contributed by atoms with van der Waals surface area (Å²) in [5.41, 5.74) is -1.36. The molecule has 0 saturated carbocycles. The van der Waals surface area contributed by atoms with E-state index in [0.717, 1.165) is 24.3 Å². The molecule has 0 amide bonds. The number of nitrogens with one attached hydrogen (secondary N) is 2. The Kier molecular flexibility index (Phi) is 15.3. The van der Waals surface area contributed by atoms with Gasteiger partial charge in [-0.25, -0.2) is 18.9 Å². The maximum Gasteiger partial charge on any atom is 0.313 e. The minimum atomic E-state index is -5.00. The van der Waals surface area contributed by atoms with Gasteiger partial charge in [0.05, 0.1) is 45.6 Å². The molecule has 0 aliphatic heterocycles. The number of hydrogen-bond donors (Lipinski definition) is 7. The Hall–Kier alpha value is -5.13. The number of azo groups is 2. The van der Waals surface area contributed by atoms with Gasteiger partial charge in [0.25, 0.3) is 20.2 Å². The lowest BCUT2D eigenvalue weighted by atomic mass is 10.1. The van der Waals surface area contributed by atoms with Crippen LogP contribution in [0.15, 0.2) is 102 Å². The monoisotopic (exact) mass is 938 g/mol. The largest absolute Gasteiger partial charge is 0.505 e. The van der Waals surface area contributed by atoms with Crippen LogP contribution < -0.4 is 10.6 Å². The highest BCUT2D eigenvalue weighted by Gasteiger charge is 2.22. The molecule has 0 aliphatic rings. The number of hydrogen-bond acceptors (Lipinski definition) is 24. The Morgan fingerprint density at radius 2 is 1.50 bits per heavy atom. The van der Waals surface area contributed by atoms with E-state index in [-0.39, 0.29) is 74.3 Å². The molecule has 60 heavy (non-hydrogen) atoms. The third-order valence-electron chi connectivity index (χ3n) is 7.24. The Morgan fingerprint density at radius 1 is 0.783 bits per heavy atom. The van der Waals surface area contributed by atoms with E-state index in [1.807, 2.05) is 0 Å². The highest BCUT2D eigenvalue weighted by atomic mass is 32.2. The number of benzene rings is 4.